The number of pyridine rings is 3. The molecule has 82 heavy (non-hydrogen) atoms. The molecule has 0 fully saturated rings. The predicted octanol–water partition coefficient (Wildman–Crippen LogP) is 19.2. The molecule has 12 aromatic rings. The summed E-state index contributed by atoms with van der Waals surface area (Å²) in [5, 5.41) is 0. The molecule has 0 radical (unpaired) electrons. The van der Waals surface area contributed by atoms with Gasteiger partial charge >= 0.3 is 20.1 Å². The van der Waals surface area contributed by atoms with E-state index < -0.39 is 40.7 Å². The van der Waals surface area contributed by atoms with Crippen molar-refractivity contribution in [2.45, 2.75) is 13.8 Å². The molecule has 0 aliphatic rings. The Kier molecular flexibility index (Phi) is 16.7. The van der Waals surface area contributed by atoms with Crippen molar-refractivity contribution in [1.29, 1.82) is 0 Å². The van der Waals surface area contributed by atoms with Crippen LogP contribution in [0.5, 0.6) is 0 Å². The van der Waals surface area contributed by atoms with E-state index in [2.05, 4.69) is 64.6 Å². The molecule has 0 atom stereocenters. The summed E-state index contributed by atoms with van der Waals surface area (Å²) in [4.78, 5) is 13.5. The van der Waals surface area contributed by atoms with Crippen molar-refractivity contribution in [3.63, 3.8) is 0 Å². The van der Waals surface area contributed by atoms with Crippen LogP contribution >= 0.6 is 0 Å². The van der Waals surface area contributed by atoms with Gasteiger partial charge in [-0.2, -0.15) is 0 Å². The SMILES string of the molecule is Cc1cc(-c2[c-]cc(F)cc2F)ncc1-c1ccc(F)cc1-c1cc(-c2cccc(F)c2)cc(-c2cc(F)ccc2-c2cnc(-c3[c-]cccc3)cc2-c2ccc(-c3ccccc3)cc2)c1.Cc1ccnc(-c2[c-]cc(F)cc2F)c1.[Ir+3]. The minimum absolute atomic E-state index is 0. The Balaban J connectivity index is 0.000000408. The Morgan fingerprint density at radius 1 is 0.329 bits per heavy atom. The summed E-state index contributed by atoms with van der Waals surface area (Å²) < 4.78 is 101. The van der Waals surface area contributed by atoms with Crippen molar-refractivity contribution >= 4 is 0 Å². The quantitative estimate of drug-likeness (QED) is 0.101. The van der Waals surface area contributed by atoms with Gasteiger partial charge in [-0.15, -0.1) is 60.2 Å². The Bertz CT molecular complexity index is 4290. The van der Waals surface area contributed by atoms with Crippen LogP contribution in [0.4, 0.5) is 30.7 Å². The van der Waals surface area contributed by atoms with E-state index in [1.165, 1.54) is 36.4 Å². The molecule has 0 aliphatic carbocycles. The molecule has 0 bridgehead atoms. The van der Waals surface area contributed by atoms with Crippen molar-refractivity contribution < 1.29 is 50.8 Å². The van der Waals surface area contributed by atoms with E-state index in [0.717, 1.165) is 63.2 Å². The summed E-state index contributed by atoms with van der Waals surface area (Å²) in [5.74, 6) is -4.27. The molecular weight excluding hydrogens is 1220 g/mol. The van der Waals surface area contributed by atoms with Crippen LogP contribution in [-0.2, 0) is 20.1 Å². The normalized spacial score (nSPS) is 10.9. The molecule has 0 aliphatic heterocycles. The van der Waals surface area contributed by atoms with Crippen molar-refractivity contribution in [3.8, 4) is 112 Å². The van der Waals surface area contributed by atoms with Gasteiger partial charge in [-0.25, -0.2) is 13.2 Å². The van der Waals surface area contributed by atoms with Gasteiger partial charge in [-0.1, -0.05) is 126 Å². The molecule has 12 rings (SSSR count). The van der Waals surface area contributed by atoms with Gasteiger partial charge < -0.3 is 15.0 Å². The van der Waals surface area contributed by atoms with Gasteiger partial charge in [0.05, 0.1) is 0 Å². The maximum absolute atomic E-state index is 15.8. The van der Waals surface area contributed by atoms with Gasteiger partial charge in [0.25, 0.3) is 0 Å². The second-order valence-electron chi connectivity index (χ2n) is 19.2. The van der Waals surface area contributed by atoms with Gasteiger partial charge in [0, 0.05) is 53.0 Å². The van der Waals surface area contributed by atoms with Gasteiger partial charge in [0.15, 0.2) is 0 Å². The van der Waals surface area contributed by atoms with Crippen LogP contribution in [-0.4, -0.2) is 15.0 Å². The minimum atomic E-state index is -0.801. The molecule has 0 saturated carbocycles. The fraction of sp³-hybridized carbons (Fsp3) is 0.0282. The Hall–Kier alpha value is -9.41. The number of hydrogen-bond donors (Lipinski definition) is 0. The monoisotopic (exact) mass is 1260 g/mol. The van der Waals surface area contributed by atoms with E-state index in [9.17, 15) is 22.0 Å². The summed E-state index contributed by atoms with van der Waals surface area (Å²) in [7, 11) is 0. The van der Waals surface area contributed by atoms with Crippen molar-refractivity contribution in [3.05, 3.63) is 295 Å². The standard InChI is InChI=1S/C59H35F5N2.C12H8F2N.Ir/c1-36-25-59(51-24-21-48(63)32-57(51)64)66-34-55(36)49-22-19-46(61)30-52(49)43-26-42(41-13-8-14-45(60)29-41)27-44(28-43)53-31-47(62)20-23-50(53)56-35-65-58(40-11-6-3-7-12-40)33-54(56)39-17-15-38(16-18-39)37-9-4-2-5-10-37;1-8-4-5-15-12(6-8)10-3-2-9(13)7-11(10)14;/h2-11,13-23,25-35H,1H3;2,4-7H,1H3;/q-2;-1;+3. The Morgan fingerprint density at radius 2 is 0.866 bits per heavy atom. The van der Waals surface area contributed by atoms with Crippen LogP contribution < -0.4 is 0 Å². The van der Waals surface area contributed by atoms with Crippen LogP contribution in [0.3, 0.4) is 0 Å². The first kappa shape index (κ1) is 55.9. The van der Waals surface area contributed by atoms with Crippen molar-refractivity contribution in [2.75, 3.05) is 0 Å². The van der Waals surface area contributed by atoms with Crippen LogP contribution in [0.1, 0.15) is 11.1 Å². The third kappa shape index (κ3) is 12.3. The average molecular weight is 1260 g/mol. The minimum Gasteiger partial charge on any atom is -0.305 e. The van der Waals surface area contributed by atoms with Crippen LogP contribution in [0.15, 0.2) is 225 Å². The summed E-state index contributed by atoms with van der Waals surface area (Å²) in [5.41, 5.74) is 13.9. The molecule has 0 amide bonds. The molecule has 0 unspecified atom stereocenters. The third-order valence-electron chi connectivity index (χ3n) is 13.7. The second kappa shape index (κ2) is 24.5. The van der Waals surface area contributed by atoms with Crippen molar-refractivity contribution in [1.82, 2.24) is 15.0 Å². The summed E-state index contributed by atoms with van der Waals surface area (Å²) in [6.07, 6.45) is 4.95. The third-order valence-corrected chi connectivity index (χ3v) is 13.7. The number of benzene rings is 9. The average Bonchev–Trinajstić information content (AvgIpc) is 3.66. The van der Waals surface area contributed by atoms with Crippen LogP contribution in [0.2, 0.25) is 0 Å². The van der Waals surface area contributed by atoms with E-state index >= 15 is 8.78 Å². The zero-order valence-electron chi connectivity index (χ0n) is 43.7. The number of rotatable bonds is 10. The number of halogens is 7. The van der Waals surface area contributed by atoms with Gasteiger partial charge in [0.2, 0.25) is 0 Å². The number of hydrogen-bond acceptors (Lipinski definition) is 3. The Labute approximate surface area is 483 Å². The topological polar surface area (TPSA) is 38.7 Å². The van der Waals surface area contributed by atoms with E-state index in [0.29, 0.717) is 67.0 Å². The zero-order valence-corrected chi connectivity index (χ0v) is 46.1. The molecule has 0 N–H and O–H groups in total. The number of aryl methyl sites for hydroxylation is 2. The first-order chi connectivity index (χ1) is 39.3. The largest absolute Gasteiger partial charge is 3.00 e. The molecule has 9 aromatic carbocycles. The van der Waals surface area contributed by atoms with Crippen molar-refractivity contribution in [2.24, 2.45) is 0 Å². The molecule has 0 spiro atoms. The molecular formula is C71H43F7IrN3. The van der Waals surface area contributed by atoms with E-state index in [1.807, 2.05) is 86.6 Å². The fourth-order valence-electron chi connectivity index (χ4n) is 9.77. The molecule has 3 heterocycles. The maximum Gasteiger partial charge on any atom is 3.00 e. The molecule has 3 aromatic heterocycles. The van der Waals surface area contributed by atoms with E-state index in [4.69, 9.17) is 4.98 Å². The maximum atomic E-state index is 15.8. The second-order valence-corrected chi connectivity index (χ2v) is 19.2. The molecule has 3 nitrogen and oxygen atoms in total. The van der Waals surface area contributed by atoms with Crippen LogP contribution in [0.25, 0.3) is 112 Å². The van der Waals surface area contributed by atoms with E-state index in [-0.39, 0.29) is 36.9 Å². The number of nitrogens with zero attached hydrogens (tertiary/aromatic N) is 3. The summed E-state index contributed by atoms with van der Waals surface area (Å²) in [6, 6.07) is 66.2. The van der Waals surface area contributed by atoms with Gasteiger partial charge in [0.1, 0.15) is 17.5 Å². The summed E-state index contributed by atoms with van der Waals surface area (Å²) in [6.45, 7) is 3.71. The molecule has 0 saturated heterocycles. The van der Waals surface area contributed by atoms with Gasteiger partial charge in [-0.05, 0) is 164 Å². The fourth-order valence-corrected chi connectivity index (χ4v) is 9.77. The Morgan fingerprint density at radius 3 is 1.46 bits per heavy atom. The molecule has 11 heteroatoms. The first-order valence-electron chi connectivity index (χ1n) is 25.6. The predicted molar refractivity (Wildman–Crippen MR) is 306 cm³/mol. The summed E-state index contributed by atoms with van der Waals surface area (Å²) >= 11 is 0. The molecule has 400 valence electrons. The van der Waals surface area contributed by atoms with Gasteiger partial charge in [-0.3, -0.25) is 17.6 Å². The smallest absolute Gasteiger partial charge is 0.305 e. The van der Waals surface area contributed by atoms with Crippen LogP contribution in [0, 0.1) is 72.8 Å². The number of aromatic nitrogens is 3. The van der Waals surface area contributed by atoms with E-state index in [1.54, 1.807) is 55.0 Å². The zero-order chi connectivity index (χ0) is 56.1. The first-order valence-corrected chi connectivity index (χ1v) is 25.6.